The number of nitrogens with zero attached hydrogens (tertiary/aromatic N) is 2. The predicted molar refractivity (Wildman–Crippen MR) is 73.4 cm³/mol. The molecule has 1 aliphatic rings. The van der Waals surface area contributed by atoms with Crippen LogP contribution in [0.5, 0.6) is 0 Å². The van der Waals surface area contributed by atoms with E-state index in [2.05, 4.69) is 10.4 Å². The van der Waals surface area contributed by atoms with E-state index in [0.29, 0.717) is 18.7 Å². The minimum atomic E-state index is -0.958. The molecule has 0 bridgehead atoms. The summed E-state index contributed by atoms with van der Waals surface area (Å²) >= 11 is 0. The highest BCUT2D eigenvalue weighted by Gasteiger charge is 2.33. The molecule has 0 radical (unpaired) electrons. The van der Waals surface area contributed by atoms with Crippen LogP contribution in [0.15, 0.2) is 24.3 Å². The maximum absolute atomic E-state index is 12.2. The third-order valence-corrected chi connectivity index (χ3v) is 3.63. The van der Waals surface area contributed by atoms with Crippen molar-refractivity contribution in [1.29, 1.82) is 0 Å². The Hall–Kier alpha value is -1.92. The molecule has 1 amide bonds. The van der Waals surface area contributed by atoms with Gasteiger partial charge in [-0.15, -0.1) is 0 Å². The second kappa shape index (κ2) is 4.88. The Balaban J connectivity index is 1.79. The lowest BCUT2D eigenvalue weighted by atomic mass is 10.0. The molecule has 20 heavy (non-hydrogen) atoms. The van der Waals surface area contributed by atoms with Crippen LogP contribution in [0.4, 0.5) is 0 Å². The molecular weight excluding hydrogens is 258 g/mol. The quantitative estimate of drug-likeness (QED) is 0.853. The summed E-state index contributed by atoms with van der Waals surface area (Å²) in [6, 6.07) is 7.56. The first-order chi connectivity index (χ1) is 9.59. The monoisotopic (exact) mass is 275 g/mol. The number of benzene rings is 1. The number of amides is 1. The van der Waals surface area contributed by atoms with Gasteiger partial charge >= 0.3 is 0 Å². The first-order valence-corrected chi connectivity index (χ1v) is 6.59. The molecule has 1 atom stereocenters. The molecule has 1 fully saturated rings. The standard InChI is InChI=1S/C14H17N3O3/c1-17-11-5-3-2-4-10(11)12(16-17)13(18)15-8-14(19)6-7-20-9-14/h2-5,19H,6-9H2,1H3,(H,15,18). The van der Waals surface area contributed by atoms with Crippen LogP contribution in [0, 0.1) is 0 Å². The molecule has 1 aromatic carbocycles. The van der Waals surface area contributed by atoms with Crippen molar-refractivity contribution < 1.29 is 14.6 Å². The highest BCUT2D eigenvalue weighted by molar-refractivity contribution is 6.04. The lowest BCUT2D eigenvalue weighted by molar-refractivity contribution is 0.0264. The number of hydrogen-bond donors (Lipinski definition) is 2. The minimum Gasteiger partial charge on any atom is -0.386 e. The first kappa shape index (κ1) is 13.1. The van der Waals surface area contributed by atoms with Crippen molar-refractivity contribution in [3.8, 4) is 0 Å². The van der Waals surface area contributed by atoms with Gasteiger partial charge in [0.05, 0.1) is 12.1 Å². The molecule has 6 nitrogen and oxygen atoms in total. The number of carbonyl (C=O) groups excluding carboxylic acids is 1. The summed E-state index contributed by atoms with van der Waals surface area (Å²) in [6.07, 6.45) is 0.538. The Morgan fingerprint density at radius 1 is 1.55 bits per heavy atom. The zero-order valence-electron chi connectivity index (χ0n) is 11.3. The SMILES string of the molecule is Cn1nc(C(=O)NCC2(O)CCOC2)c2ccccc21. The largest absolute Gasteiger partial charge is 0.386 e. The van der Waals surface area contributed by atoms with Crippen LogP contribution in [0.1, 0.15) is 16.9 Å². The average Bonchev–Trinajstić information content (AvgIpc) is 3.02. The molecule has 1 saturated heterocycles. The lowest BCUT2D eigenvalue weighted by Crippen LogP contribution is -2.43. The summed E-state index contributed by atoms with van der Waals surface area (Å²) in [5.74, 6) is -0.276. The number of rotatable bonds is 3. The molecule has 1 aromatic heterocycles. The Labute approximate surface area is 116 Å². The number of ether oxygens (including phenoxy) is 1. The fraction of sp³-hybridized carbons (Fsp3) is 0.429. The number of aliphatic hydroxyl groups is 1. The van der Waals surface area contributed by atoms with Gasteiger partial charge in [0.15, 0.2) is 5.69 Å². The maximum atomic E-state index is 12.2. The Morgan fingerprint density at radius 2 is 2.35 bits per heavy atom. The number of fused-ring (bicyclic) bond motifs is 1. The van der Waals surface area contributed by atoms with Crippen molar-refractivity contribution >= 4 is 16.8 Å². The average molecular weight is 275 g/mol. The van der Waals surface area contributed by atoms with Crippen LogP contribution in [0.3, 0.4) is 0 Å². The molecule has 2 aromatic rings. The van der Waals surface area contributed by atoms with E-state index in [1.54, 1.807) is 11.7 Å². The molecule has 0 aliphatic carbocycles. The zero-order chi connectivity index (χ0) is 14.2. The van der Waals surface area contributed by atoms with Gasteiger partial charge in [-0.1, -0.05) is 18.2 Å². The van der Waals surface area contributed by atoms with Gasteiger partial charge in [-0.3, -0.25) is 9.48 Å². The van der Waals surface area contributed by atoms with Crippen LogP contribution < -0.4 is 5.32 Å². The summed E-state index contributed by atoms with van der Waals surface area (Å²) < 4.78 is 6.83. The van der Waals surface area contributed by atoms with Crippen molar-refractivity contribution in [1.82, 2.24) is 15.1 Å². The fourth-order valence-electron chi connectivity index (χ4n) is 2.45. The van der Waals surface area contributed by atoms with Crippen molar-refractivity contribution in [3.05, 3.63) is 30.0 Å². The van der Waals surface area contributed by atoms with E-state index < -0.39 is 5.60 Å². The van der Waals surface area contributed by atoms with Crippen molar-refractivity contribution in [2.24, 2.45) is 7.05 Å². The second-order valence-corrected chi connectivity index (χ2v) is 5.20. The number of aryl methyl sites for hydroxylation is 1. The molecule has 0 saturated carbocycles. The number of carbonyl (C=O) groups is 1. The van der Waals surface area contributed by atoms with E-state index in [9.17, 15) is 9.90 Å². The van der Waals surface area contributed by atoms with Crippen LogP contribution in [0.2, 0.25) is 0 Å². The number of para-hydroxylation sites is 1. The Kier molecular flexibility index (Phi) is 3.19. The van der Waals surface area contributed by atoms with E-state index in [4.69, 9.17) is 4.74 Å². The molecule has 2 N–H and O–H groups in total. The van der Waals surface area contributed by atoms with Gasteiger partial charge in [0.1, 0.15) is 5.60 Å². The molecule has 1 aliphatic heterocycles. The van der Waals surface area contributed by atoms with Crippen molar-refractivity contribution in [3.63, 3.8) is 0 Å². The summed E-state index contributed by atoms with van der Waals surface area (Å²) in [4.78, 5) is 12.2. The molecule has 1 unspecified atom stereocenters. The molecule has 3 rings (SSSR count). The molecule has 2 heterocycles. The number of nitrogens with one attached hydrogen (secondary N) is 1. The van der Waals surface area contributed by atoms with E-state index in [1.165, 1.54) is 0 Å². The third-order valence-electron chi connectivity index (χ3n) is 3.63. The van der Waals surface area contributed by atoms with Crippen molar-refractivity contribution in [2.75, 3.05) is 19.8 Å². The van der Waals surface area contributed by atoms with E-state index in [0.717, 1.165) is 10.9 Å². The van der Waals surface area contributed by atoms with E-state index in [-0.39, 0.29) is 19.1 Å². The van der Waals surface area contributed by atoms with Gasteiger partial charge < -0.3 is 15.2 Å². The van der Waals surface area contributed by atoms with Gasteiger partial charge in [0.2, 0.25) is 0 Å². The van der Waals surface area contributed by atoms with Crippen LogP contribution >= 0.6 is 0 Å². The number of aromatic nitrogens is 2. The maximum Gasteiger partial charge on any atom is 0.272 e. The Bertz CT molecular complexity index is 644. The topological polar surface area (TPSA) is 76.4 Å². The van der Waals surface area contributed by atoms with Gasteiger partial charge in [0.25, 0.3) is 5.91 Å². The minimum absolute atomic E-state index is 0.177. The zero-order valence-corrected chi connectivity index (χ0v) is 11.3. The van der Waals surface area contributed by atoms with Gasteiger partial charge in [-0.2, -0.15) is 5.10 Å². The molecular formula is C14H17N3O3. The third kappa shape index (κ3) is 2.28. The van der Waals surface area contributed by atoms with Crippen LogP contribution in [0.25, 0.3) is 10.9 Å². The van der Waals surface area contributed by atoms with E-state index in [1.807, 2.05) is 24.3 Å². The smallest absolute Gasteiger partial charge is 0.272 e. The van der Waals surface area contributed by atoms with Crippen LogP contribution in [-0.4, -0.2) is 46.2 Å². The summed E-state index contributed by atoms with van der Waals surface area (Å²) in [5, 5.41) is 17.9. The molecule has 106 valence electrons. The molecule has 0 spiro atoms. The highest BCUT2D eigenvalue weighted by atomic mass is 16.5. The van der Waals surface area contributed by atoms with Gasteiger partial charge in [-0.25, -0.2) is 0 Å². The highest BCUT2D eigenvalue weighted by Crippen LogP contribution is 2.19. The van der Waals surface area contributed by atoms with Crippen molar-refractivity contribution in [2.45, 2.75) is 12.0 Å². The first-order valence-electron chi connectivity index (χ1n) is 6.59. The van der Waals surface area contributed by atoms with Gasteiger partial charge in [-0.05, 0) is 6.07 Å². The molecule has 6 heteroatoms. The summed E-state index contributed by atoms with van der Waals surface area (Å²) in [7, 11) is 1.80. The summed E-state index contributed by atoms with van der Waals surface area (Å²) in [5.41, 5.74) is 0.325. The normalized spacial score (nSPS) is 22.3. The van der Waals surface area contributed by atoms with Crippen LogP contribution in [-0.2, 0) is 11.8 Å². The van der Waals surface area contributed by atoms with Gasteiger partial charge in [0, 0.05) is 32.0 Å². The predicted octanol–water partition coefficient (Wildman–Crippen LogP) is 0.454. The fourth-order valence-corrected chi connectivity index (χ4v) is 2.45. The summed E-state index contributed by atoms with van der Waals surface area (Å²) in [6.45, 7) is 0.964. The lowest BCUT2D eigenvalue weighted by Gasteiger charge is -2.20. The Morgan fingerprint density at radius 3 is 3.10 bits per heavy atom. The second-order valence-electron chi connectivity index (χ2n) is 5.20. The number of hydrogen-bond acceptors (Lipinski definition) is 4. The van der Waals surface area contributed by atoms with E-state index >= 15 is 0 Å².